The van der Waals surface area contributed by atoms with Crippen LogP contribution >= 0.6 is 0 Å². The topological polar surface area (TPSA) is 154 Å². The second-order valence-electron chi connectivity index (χ2n) is 20.5. The highest BCUT2D eigenvalue weighted by Crippen LogP contribution is 2.45. The molecule has 2 aliphatic rings. The third-order valence-electron chi connectivity index (χ3n) is 14.6. The van der Waals surface area contributed by atoms with Gasteiger partial charge in [-0.3, -0.25) is 9.36 Å². The van der Waals surface area contributed by atoms with Crippen LogP contribution in [0.4, 0.5) is 10.6 Å². The van der Waals surface area contributed by atoms with Gasteiger partial charge in [0.2, 0.25) is 5.91 Å². The summed E-state index contributed by atoms with van der Waals surface area (Å²) in [5.41, 5.74) is 6.37. The molecule has 0 unspecified atom stereocenters. The number of hydrogen-bond donors (Lipinski definition) is 2. The summed E-state index contributed by atoms with van der Waals surface area (Å²) in [6.07, 6.45) is 7.98. The SMILES string of the molecule is CCCCN(/C=N/c1ncnc2c1ncn2[C@H]1C[C@H](NC(=O)[C@H](Cc2ccc(OC)cc2)NC(=O)OCC2c3ccccc3-c3ccccc32)[C@@H](CO[Si](c2ccccc2)(c2ccccc2)C(C)(C)C)O1)CCCC. The first kappa shape index (κ1) is 52.7. The Morgan fingerprint density at radius 3 is 2.03 bits per heavy atom. The van der Waals surface area contributed by atoms with Crippen molar-refractivity contribution in [1.82, 2.24) is 35.1 Å². The van der Waals surface area contributed by atoms with Gasteiger partial charge in [0.15, 0.2) is 17.0 Å². The van der Waals surface area contributed by atoms with Gasteiger partial charge in [0.1, 0.15) is 37.1 Å². The fraction of sp³-hybridized carbons (Fsp3) is 0.367. The molecule has 1 aliphatic carbocycles. The number of methoxy groups -OCH3 is 1. The van der Waals surface area contributed by atoms with Crippen molar-refractivity contribution >= 4 is 54.0 Å². The molecule has 7 aromatic rings. The Bertz CT molecular complexity index is 2950. The van der Waals surface area contributed by atoms with Crippen LogP contribution in [-0.2, 0) is 25.1 Å². The number of carbonyl (C=O) groups excluding carboxylic acids is 2. The molecule has 4 atom stereocenters. The van der Waals surface area contributed by atoms with Crippen LogP contribution in [0.3, 0.4) is 0 Å². The fourth-order valence-electron chi connectivity index (χ4n) is 10.7. The average Bonchev–Trinajstić information content (AvgIpc) is 4.14. The minimum Gasteiger partial charge on any atom is -0.497 e. The second kappa shape index (κ2) is 24.0. The molecule has 0 spiro atoms. The number of rotatable bonds is 22. The van der Waals surface area contributed by atoms with Crippen LogP contribution in [0.2, 0.25) is 5.04 Å². The first-order valence-electron chi connectivity index (χ1n) is 26.4. The minimum absolute atomic E-state index is 0.0992. The van der Waals surface area contributed by atoms with E-state index in [-0.39, 0.29) is 30.6 Å². The van der Waals surface area contributed by atoms with Gasteiger partial charge in [-0.2, -0.15) is 0 Å². The first-order valence-corrected chi connectivity index (χ1v) is 28.3. The largest absolute Gasteiger partial charge is 0.497 e. The van der Waals surface area contributed by atoms with E-state index in [1.165, 1.54) is 6.33 Å². The van der Waals surface area contributed by atoms with Gasteiger partial charge in [0.25, 0.3) is 8.32 Å². The number of amides is 2. The third kappa shape index (κ3) is 11.7. The number of benzene rings is 5. The smallest absolute Gasteiger partial charge is 0.407 e. The molecule has 14 nitrogen and oxygen atoms in total. The van der Waals surface area contributed by atoms with Crippen LogP contribution in [0, 0.1) is 0 Å². The number of ether oxygens (including phenoxy) is 3. The van der Waals surface area contributed by atoms with Crippen molar-refractivity contribution in [2.24, 2.45) is 4.99 Å². The van der Waals surface area contributed by atoms with Gasteiger partial charge in [-0.15, -0.1) is 0 Å². The van der Waals surface area contributed by atoms with Crippen molar-refractivity contribution in [3.8, 4) is 16.9 Å². The van der Waals surface area contributed by atoms with Crippen molar-refractivity contribution in [3.63, 3.8) is 0 Å². The number of imidazole rings is 1. The van der Waals surface area contributed by atoms with E-state index in [1.54, 1.807) is 13.4 Å². The number of unbranched alkanes of at least 4 members (excludes halogenated alkanes) is 2. The molecule has 0 bridgehead atoms. The van der Waals surface area contributed by atoms with E-state index in [9.17, 15) is 4.79 Å². The molecular weight excluding hydrogens is 957 g/mol. The highest BCUT2D eigenvalue weighted by atomic mass is 28.4. The maximum Gasteiger partial charge on any atom is 0.407 e. The van der Waals surface area contributed by atoms with Crippen LogP contribution in [-0.4, -0.2) is 103 Å². The maximum atomic E-state index is 15.1. The quantitative estimate of drug-likeness (QED) is 0.0381. The fourth-order valence-corrected chi connectivity index (χ4v) is 15.2. The molecule has 2 amide bonds. The number of hydrogen-bond acceptors (Lipinski definition) is 10. The molecule has 1 saturated heterocycles. The van der Waals surface area contributed by atoms with Crippen molar-refractivity contribution in [2.45, 2.75) is 109 Å². The van der Waals surface area contributed by atoms with Gasteiger partial charge < -0.3 is 34.2 Å². The predicted octanol–water partition coefficient (Wildman–Crippen LogP) is 9.90. The summed E-state index contributed by atoms with van der Waals surface area (Å²) in [4.78, 5) is 50.2. The molecule has 75 heavy (non-hydrogen) atoms. The molecule has 2 aromatic heterocycles. The lowest BCUT2D eigenvalue weighted by Crippen LogP contribution is -2.67. The molecule has 1 fully saturated rings. The van der Waals surface area contributed by atoms with E-state index in [2.05, 4.69) is 128 Å². The molecule has 15 heteroatoms. The highest BCUT2D eigenvalue weighted by molar-refractivity contribution is 6.99. The van der Waals surface area contributed by atoms with Crippen molar-refractivity contribution in [2.75, 3.05) is 33.4 Å². The molecular formula is C60H70N8O6Si. The summed E-state index contributed by atoms with van der Waals surface area (Å²) in [5, 5.41) is 8.25. The number of nitrogens with zero attached hydrogens (tertiary/aromatic N) is 6. The van der Waals surface area contributed by atoms with Crippen LogP contribution in [0.5, 0.6) is 5.75 Å². The van der Waals surface area contributed by atoms with E-state index < -0.39 is 44.7 Å². The summed E-state index contributed by atoms with van der Waals surface area (Å²) in [6.45, 7) is 13.2. The van der Waals surface area contributed by atoms with Gasteiger partial charge in [0.05, 0.1) is 32.4 Å². The van der Waals surface area contributed by atoms with Crippen LogP contribution in [0.1, 0.15) is 95.6 Å². The normalized spacial score (nSPS) is 16.9. The van der Waals surface area contributed by atoms with Gasteiger partial charge in [-0.05, 0) is 68.2 Å². The number of fused-ring (bicyclic) bond motifs is 4. The summed E-state index contributed by atoms with van der Waals surface area (Å²) >= 11 is 0. The van der Waals surface area contributed by atoms with E-state index in [4.69, 9.17) is 33.6 Å². The zero-order valence-electron chi connectivity index (χ0n) is 44.0. The molecule has 1 aliphatic heterocycles. The van der Waals surface area contributed by atoms with Gasteiger partial charge in [-0.1, -0.05) is 169 Å². The molecule has 0 saturated carbocycles. The highest BCUT2D eigenvalue weighted by Gasteiger charge is 2.51. The zero-order valence-corrected chi connectivity index (χ0v) is 45.0. The standard InChI is InChI=1S/C60H70N8O6Si/c1-7-9-33-67(34-10-8-2)40-64-56-55-57(62-39-61-56)68(41-63-55)54-36-51(53(74-54)38-73-75(60(3,4)5,44-21-13-11-14-22-44)45-23-15-12-16-24-45)65-58(69)52(35-42-29-31-43(71-6)32-30-42)66-59(70)72-37-50-48-27-19-17-25-46(48)47-26-18-20-28-49(47)50/h11-32,39-41,50-54H,7-10,33-38H2,1-6H3,(H,65,69)(H,66,70)/b64-40+/t51-,52-,53+,54+/m0/s1. The Hall–Kier alpha value is -7.20. The van der Waals surface area contributed by atoms with Gasteiger partial charge >= 0.3 is 6.09 Å². The summed E-state index contributed by atoms with van der Waals surface area (Å²) in [6, 6.07) is 43.2. The lowest BCUT2D eigenvalue weighted by atomic mass is 9.98. The lowest BCUT2D eigenvalue weighted by Gasteiger charge is -2.43. The Balaban J connectivity index is 1.02. The third-order valence-corrected chi connectivity index (χ3v) is 19.6. The predicted molar refractivity (Wildman–Crippen MR) is 298 cm³/mol. The van der Waals surface area contributed by atoms with Crippen molar-refractivity contribution < 1.29 is 28.2 Å². The zero-order chi connectivity index (χ0) is 52.4. The number of alkyl carbamates (subject to hydrolysis) is 1. The Kier molecular flexibility index (Phi) is 16.8. The summed E-state index contributed by atoms with van der Waals surface area (Å²) in [7, 11) is -1.46. The monoisotopic (exact) mass is 1030 g/mol. The summed E-state index contributed by atoms with van der Waals surface area (Å²) < 4.78 is 27.9. The van der Waals surface area contributed by atoms with E-state index >= 15 is 4.79 Å². The second-order valence-corrected chi connectivity index (χ2v) is 24.8. The average molecular weight is 1030 g/mol. The minimum atomic E-state index is -3.07. The van der Waals surface area contributed by atoms with E-state index in [0.29, 0.717) is 29.2 Å². The maximum absolute atomic E-state index is 15.1. The Morgan fingerprint density at radius 1 is 0.813 bits per heavy atom. The number of aromatic nitrogens is 4. The lowest BCUT2D eigenvalue weighted by molar-refractivity contribution is -0.124. The molecule has 0 radical (unpaired) electrons. The molecule has 9 rings (SSSR count). The molecule has 3 heterocycles. The van der Waals surface area contributed by atoms with Crippen LogP contribution in [0.25, 0.3) is 22.3 Å². The van der Waals surface area contributed by atoms with E-state index in [1.807, 2.05) is 71.6 Å². The van der Waals surface area contributed by atoms with E-state index in [0.717, 1.165) is 77.0 Å². The number of nitrogens with one attached hydrogen (secondary N) is 2. The van der Waals surface area contributed by atoms with Crippen molar-refractivity contribution in [3.05, 3.63) is 163 Å². The van der Waals surface area contributed by atoms with Crippen LogP contribution in [0.15, 0.2) is 151 Å². The van der Waals surface area contributed by atoms with Crippen LogP contribution < -0.4 is 25.7 Å². The molecule has 390 valence electrons. The molecule has 5 aromatic carbocycles. The Labute approximate surface area is 442 Å². The first-order chi connectivity index (χ1) is 36.5. The van der Waals surface area contributed by atoms with Gasteiger partial charge in [-0.25, -0.2) is 24.7 Å². The number of carbonyl (C=O) groups is 2. The number of aliphatic imine (C=N–C) groups is 1. The Morgan fingerprint density at radius 2 is 1.43 bits per heavy atom. The molecule has 2 N–H and O–H groups in total. The van der Waals surface area contributed by atoms with Crippen molar-refractivity contribution in [1.29, 1.82) is 0 Å². The van der Waals surface area contributed by atoms with Gasteiger partial charge in [0, 0.05) is 31.8 Å². The summed E-state index contributed by atoms with van der Waals surface area (Å²) in [5.74, 6) is 0.597.